The topological polar surface area (TPSA) is 29.5 Å². The van der Waals surface area contributed by atoms with Gasteiger partial charge in [-0.3, -0.25) is 0 Å². The molecule has 0 saturated carbocycles. The van der Waals surface area contributed by atoms with Crippen molar-refractivity contribution in [2.75, 3.05) is 7.11 Å². The summed E-state index contributed by atoms with van der Waals surface area (Å²) in [4.78, 5) is 0. The highest BCUT2D eigenvalue weighted by molar-refractivity contribution is 6.30. The molecule has 78 valence electrons. The highest BCUT2D eigenvalue weighted by Crippen LogP contribution is 2.42. The van der Waals surface area contributed by atoms with Crippen LogP contribution in [-0.4, -0.2) is 12.2 Å². The van der Waals surface area contributed by atoms with Crippen molar-refractivity contribution in [3.05, 3.63) is 22.7 Å². The van der Waals surface area contributed by atoms with Gasteiger partial charge in [0.05, 0.1) is 7.11 Å². The summed E-state index contributed by atoms with van der Waals surface area (Å²) in [5.74, 6) is -1.26. The van der Waals surface area contributed by atoms with Gasteiger partial charge in [0.1, 0.15) is 5.56 Å². The van der Waals surface area contributed by atoms with Crippen LogP contribution in [-0.2, 0) is 6.18 Å². The first kappa shape index (κ1) is 11.0. The highest BCUT2D eigenvalue weighted by atomic mass is 35.5. The fraction of sp³-hybridized carbons (Fsp3) is 0.250. The number of alkyl halides is 3. The molecule has 0 amide bonds. The van der Waals surface area contributed by atoms with Crippen LogP contribution in [0, 0.1) is 0 Å². The molecule has 0 aromatic heterocycles. The van der Waals surface area contributed by atoms with Crippen molar-refractivity contribution in [2.24, 2.45) is 0 Å². The van der Waals surface area contributed by atoms with E-state index >= 15 is 0 Å². The first-order valence-electron chi connectivity index (χ1n) is 3.50. The van der Waals surface area contributed by atoms with E-state index in [1.54, 1.807) is 0 Å². The molecule has 1 aromatic carbocycles. The maximum absolute atomic E-state index is 12.3. The van der Waals surface area contributed by atoms with Crippen molar-refractivity contribution in [1.29, 1.82) is 0 Å². The third-order valence-electron chi connectivity index (χ3n) is 1.54. The van der Waals surface area contributed by atoms with Gasteiger partial charge in [0, 0.05) is 11.1 Å². The lowest BCUT2D eigenvalue weighted by Gasteiger charge is -2.13. The second-order valence-corrected chi connectivity index (χ2v) is 2.94. The van der Waals surface area contributed by atoms with E-state index in [4.69, 9.17) is 16.7 Å². The van der Waals surface area contributed by atoms with Gasteiger partial charge < -0.3 is 9.84 Å². The SMILES string of the molecule is COc1c(O)cc(Cl)cc1C(F)(F)F. The number of rotatable bonds is 1. The van der Waals surface area contributed by atoms with Crippen molar-refractivity contribution in [3.8, 4) is 11.5 Å². The van der Waals surface area contributed by atoms with Crippen LogP contribution in [0.3, 0.4) is 0 Å². The number of hydrogen-bond acceptors (Lipinski definition) is 2. The summed E-state index contributed by atoms with van der Waals surface area (Å²) >= 11 is 5.37. The minimum Gasteiger partial charge on any atom is -0.504 e. The summed E-state index contributed by atoms with van der Waals surface area (Å²) in [6, 6.07) is 1.68. The Morgan fingerprint density at radius 1 is 1.36 bits per heavy atom. The van der Waals surface area contributed by atoms with Crippen molar-refractivity contribution < 1.29 is 23.0 Å². The molecule has 0 bridgehead atoms. The number of halogens is 4. The zero-order valence-corrected chi connectivity index (χ0v) is 7.78. The lowest BCUT2D eigenvalue weighted by Crippen LogP contribution is -2.07. The van der Waals surface area contributed by atoms with E-state index in [1.807, 2.05) is 0 Å². The summed E-state index contributed by atoms with van der Waals surface area (Å²) in [5, 5.41) is 8.93. The van der Waals surface area contributed by atoms with Gasteiger partial charge in [-0.25, -0.2) is 0 Å². The Morgan fingerprint density at radius 3 is 2.36 bits per heavy atom. The Kier molecular flexibility index (Phi) is 2.80. The van der Waals surface area contributed by atoms with Gasteiger partial charge in [-0.15, -0.1) is 0 Å². The van der Waals surface area contributed by atoms with Gasteiger partial charge in [0.15, 0.2) is 11.5 Å². The van der Waals surface area contributed by atoms with Crippen LogP contribution in [0.2, 0.25) is 5.02 Å². The standard InChI is InChI=1S/C8H6ClF3O2/c1-14-7-5(8(10,11)12)2-4(9)3-6(7)13/h2-3,13H,1H3. The number of hydrogen-bond donors (Lipinski definition) is 1. The summed E-state index contributed by atoms with van der Waals surface area (Å²) in [5.41, 5.74) is -1.09. The number of benzene rings is 1. The maximum atomic E-state index is 12.3. The third kappa shape index (κ3) is 2.04. The number of methoxy groups -OCH3 is 1. The minimum absolute atomic E-state index is 0.198. The lowest BCUT2D eigenvalue weighted by atomic mass is 10.2. The molecular formula is C8H6ClF3O2. The number of ether oxygens (including phenoxy) is 1. The smallest absolute Gasteiger partial charge is 0.420 e. The fourth-order valence-corrected chi connectivity index (χ4v) is 1.22. The van der Waals surface area contributed by atoms with E-state index in [1.165, 1.54) is 0 Å². The molecule has 0 heterocycles. The second-order valence-electron chi connectivity index (χ2n) is 2.50. The van der Waals surface area contributed by atoms with Crippen molar-refractivity contribution in [3.63, 3.8) is 0 Å². The minimum atomic E-state index is -4.60. The fourth-order valence-electron chi connectivity index (χ4n) is 1.00. The maximum Gasteiger partial charge on any atom is 0.420 e. The molecule has 0 atom stereocenters. The summed E-state index contributed by atoms with van der Waals surface area (Å²) in [7, 11) is 1.04. The Balaban J connectivity index is 3.40. The number of phenols is 1. The van der Waals surface area contributed by atoms with E-state index in [2.05, 4.69) is 4.74 Å². The van der Waals surface area contributed by atoms with Crippen molar-refractivity contribution in [2.45, 2.75) is 6.18 Å². The summed E-state index contributed by atoms with van der Waals surface area (Å²) < 4.78 is 41.5. The van der Waals surface area contributed by atoms with Crippen LogP contribution in [0.1, 0.15) is 5.56 Å². The third-order valence-corrected chi connectivity index (χ3v) is 1.76. The summed E-state index contributed by atoms with van der Waals surface area (Å²) in [6.07, 6.45) is -4.60. The molecule has 14 heavy (non-hydrogen) atoms. The molecule has 0 radical (unpaired) electrons. The quantitative estimate of drug-likeness (QED) is 0.797. The molecule has 2 nitrogen and oxygen atoms in total. The van der Waals surface area contributed by atoms with Gasteiger partial charge in [-0.2, -0.15) is 13.2 Å². The largest absolute Gasteiger partial charge is 0.504 e. The predicted octanol–water partition coefficient (Wildman–Crippen LogP) is 3.07. The molecule has 1 rings (SSSR count). The van der Waals surface area contributed by atoms with Crippen molar-refractivity contribution >= 4 is 11.6 Å². The molecule has 6 heteroatoms. The van der Waals surface area contributed by atoms with E-state index in [0.717, 1.165) is 13.2 Å². The molecule has 0 saturated heterocycles. The van der Waals surface area contributed by atoms with Crippen LogP contribution in [0.15, 0.2) is 12.1 Å². The molecule has 0 aliphatic carbocycles. The Morgan fingerprint density at radius 2 is 1.93 bits per heavy atom. The van der Waals surface area contributed by atoms with Crippen molar-refractivity contribution in [1.82, 2.24) is 0 Å². The van der Waals surface area contributed by atoms with E-state index in [9.17, 15) is 13.2 Å². The Hall–Kier alpha value is -1.10. The second kappa shape index (κ2) is 3.57. The Bertz CT molecular complexity index is 349. The molecular weight excluding hydrogens is 221 g/mol. The zero-order valence-electron chi connectivity index (χ0n) is 7.02. The monoisotopic (exact) mass is 226 g/mol. The normalized spacial score (nSPS) is 11.5. The van der Waals surface area contributed by atoms with Crippen LogP contribution < -0.4 is 4.74 Å². The van der Waals surface area contributed by atoms with Crippen LogP contribution in [0.25, 0.3) is 0 Å². The van der Waals surface area contributed by atoms with Crippen LogP contribution >= 0.6 is 11.6 Å². The molecule has 0 aliphatic heterocycles. The average Bonchev–Trinajstić information content (AvgIpc) is 2.01. The van der Waals surface area contributed by atoms with Crippen LogP contribution in [0.5, 0.6) is 11.5 Å². The van der Waals surface area contributed by atoms with Gasteiger partial charge >= 0.3 is 6.18 Å². The highest BCUT2D eigenvalue weighted by Gasteiger charge is 2.36. The molecule has 0 fully saturated rings. The molecule has 0 aliphatic rings. The molecule has 1 aromatic rings. The lowest BCUT2D eigenvalue weighted by molar-refractivity contribution is -0.138. The van der Waals surface area contributed by atoms with Gasteiger partial charge in [-0.1, -0.05) is 11.6 Å². The zero-order chi connectivity index (χ0) is 10.9. The van der Waals surface area contributed by atoms with E-state index in [0.29, 0.717) is 6.07 Å². The first-order chi connectivity index (χ1) is 6.36. The number of phenolic OH excluding ortho intramolecular Hbond substituents is 1. The van der Waals surface area contributed by atoms with E-state index < -0.39 is 23.2 Å². The van der Waals surface area contributed by atoms with Gasteiger partial charge in [-0.05, 0) is 6.07 Å². The Labute approximate surface area is 82.9 Å². The molecule has 0 unspecified atom stereocenters. The molecule has 0 spiro atoms. The summed E-state index contributed by atoms with van der Waals surface area (Å²) in [6.45, 7) is 0. The average molecular weight is 227 g/mol. The molecule has 1 N–H and O–H groups in total. The van der Waals surface area contributed by atoms with Gasteiger partial charge in [0.25, 0.3) is 0 Å². The van der Waals surface area contributed by atoms with Gasteiger partial charge in [0.2, 0.25) is 0 Å². The van der Waals surface area contributed by atoms with E-state index in [-0.39, 0.29) is 5.02 Å². The predicted molar refractivity (Wildman–Crippen MR) is 44.7 cm³/mol. The van der Waals surface area contributed by atoms with Crippen LogP contribution in [0.4, 0.5) is 13.2 Å². The number of aromatic hydroxyl groups is 1. The first-order valence-corrected chi connectivity index (χ1v) is 3.87.